The quantitative estimate of drug-likeness (QED) is 0.739. The summed E-state index contributed by atoms with van der Waals surface area (Å²) >= 11 is 0. The minimum absolute atomic E-state index is 0.680. The standard InChI is InChI=1S/C12H24N4/c1-12(14,10-13)5-7-16(3)9-11-4-6-15(2)8-11/h11H,4-9,14H2,1-3H3. The van der Waals surface area contributed by atoms with E-state index in [0.717, 1.165) is 25.4 Å². The Labute approximate surface area is 99.0 Å². The van der Waals surface area contributed by atoms with Gasteiger partial charge in [-0.15, -0.1) is 0 Å². The molecule has 0 aromatic heterocycles. The van der Waals surface area contributed by atoms with Gasteiger partial charge < -0.3 is 15.5 Å². The molecule has 1 fully saturated rings. The van der Waals surface area contributed by atoms with E-state index in [-0.39, 0.29) is 0 Å². The molecule has 0 amide bonds. The summed E-state index contributed by atoms with van der Waals surface area (Å²) in [7, 11) is 4.29. The van der Waals surface area contributed by atoms with E-state index in [1.165, 1.54) is 19.5 Å². The first-order valence-electron chi connectivity index (χ1n) is 6.00. The number of nitriles is 1. The SMILES string of the molecule is CN1CCC(CN(C)CCC(C)(N)C#N)C1. The highest BCUT2D eigenvalue weighted by molar-refractivity contribution is 5.01. The van der Waals surface area contributed by atoms with E-state index in [1.54, 1.807) is 6.92 Å². The van der Waals surface area contributed by atoms with Crippen LogP contribution in [0.5, 0.6) is 0 Å². The maximum Gasteiger partial charge on any atom is 0.102 e. The Balaban J connectivity index is 2.21. The lowest BCUT2D eigenvalue weighted by Crippen LogP contribution is -2.39. The molecule has 2 N–H and O–H groups in total. The zero-order valence-corrected chi connectivity index (χ0v) is 10.7. The summed E-state index contributed by atoms with van der Waals surface area (Å²) in [6.45, 7) is 6.23. The lowest BCUT2D eigenvalue weighted by atomic mass is 10.0. The second-order valence-corrected chi connectivity index (χ2v) is 5.46. The highest BCUT2D eigenvalue weighted by atomic mass is 15.1. The maximum atomic E-state index is 8.83. The van der Waals surface area contributed by atoms with Gasteiger partial charge in [0.2, 0.25) is 0 Å². The van der Waals surface area contributed by atoms with E-state index in [4.69, 9.17) is 11.0 Å². The van der Waals surface area contributed by atoms with Crippen LogP contribution in [0.25, 0.3) is 0 Å². The van der Waals surface area contributed by atoms with Gasteiger partial charge in [0.1, 0.15) is 5.54 Å². The van der Waals surface area contributed by atoms with Crippen molar-refractivity contribution in [2.24, 2.45) is 11.7 Å². The smallest absolute Gasteiger partial charge is 0.102 e. The molecule has 92 valence electrons. The molecular formula is C12H24N4. The van der Waals surface area contributed by atoms with Crippen molar-refractivity contribution in [2.45, 2.75) is 25.3 Å². The van der Waals surface area contributed by atoms with Gasteiger partial charge >= 0.3 is 0 Å². The largest absolute Gasteiger partial charge is 0.314 e. The van der Waals surface area contributed by atoms with Gasteiger partial charge in [0.15, 0.2) is 0 Å². The van der Waals surface area contributed by atoms with Crippen LogP contribution in [-0.4, -0.2) is 55.6 Å². The highest BCUT2D eigenvalue weighted by Crippen LogP contribution is 2.15. The first-order chi connectivity index (χ1) is 7.43. The lowest BCUT2D eigenvalue weighted by Gasteiger charge is -2.24. The van der Waals surface area contributed by atoms with Gasteiger partial charge in [-0.1, -0.05) is 0 Å². The Bertz CT molecular complexity index is 256. The van der Waals surface area contributed by atoms with Crippen molar-refractivity contribution in [2.75, 3.05) is 40.3 Å². The van der Waals surface area contributed by atoms with E-state index in [0.29, 0.717) is 0 Å². The minimum Gasteiger partial charge on any atom is -0.314 e. The maximum absolute atomic E-state index is 8.83. The number of likely N-dealkylation sites (tertiary alicyclic amines) is 1. The lowest BCUT2D eigenvalue weighted by molar-refractivity contribution is 0.259. The average molecular weight is 224 g/mol. The van der Waals surface area contributed by atoms with E-state index in [9.17, 15) is 0 Å². The van der Waals surface area contributed by atoms with Crippen LogP contribution >= 0.6 is 0 Å². The molecule has 0 aliphatic carbocycles. The van der Waals surface area contributed by atoms with Crippen molar-refractivity contribution < 1.29 is 0 Å². The van der Waals surface area contributed by atoms with E-state index in [2.05, 4.69) is 30.0 Å². The molecule has 0 aromatic rings. The summed E-state index contributed by atoms with van der Waals surface area (Å²) in [6, 6.07) is 2.14. The molecular weight excluding hydrogens is 200 g/mol. The summed E-state index contributed by atoms with van der Waals surface area (Å²) in [5.74, 6) is 0.779. The Hall–Kier alpha value is -0.630. The molecule has 4 heteroatoms. The van der Waals surface area contributed by atoms with Crippen molar-refractivity contribution in [3.8, 4) is 6.07 Å². The minimum atomic E-state index is -0.680. The topological polar surface area (TPSA) is 56.3 Å². The van der Waals surface area contributed by atoms with Crippen LogP contribution in [0.4, 0.5) is 0 Å². The van der Waals surface area contributed by atoms with Crippen molar-refractivity contribution in [1.82, 2.24) is 9.80 Å². The van der Waals surface area contributed by atoms with Crippen LogP contribution in [0.2, 0.25) is 0 Å². The zero-order valence-electron chi connectivity index (χ0n) is 10.7. The van der Waals surface area contributed by atoms with Gasteiger partial charge in [0.25, 0.3) is 0 Å². The molecule has 0 radical (unpaired) electrons. The van der Waals surface area contributed by atoms with Crippen LogP contribution < -0.4 is 5.73 Å². The number of rotatable bonds is 5. The summed E-state index contributed by atoms with van der Waals surface area (Å²) in [4.78, 5) is 4.67. The second kappa shape index (κ2) is 5.62. The molecule has 0 spiro atoms. The van der Waals surface area contributed by atoms with Gasteiger partial charge in [-0.3, -0.25) is 0 Å². The van der Waals surface area contributed by atoms with Crippen LogP contribution in [0.1, 0.15) is 19.8 Å². The van der Waals surface area contributed by atoms with E-state index < -0.39 is 5.54 Å². The van der Waals surface area contributed by atoms with Crippen molar-refractivity contribution in [1.29, 1.82) is 5.26 Å². The van der Waals surface area contributed by atoms with Gasteiger partial charge in [-0.2, -0.15) is 5.26 Å². The first-order valence-corrected chi connectivity index (χ1v) is 6.00. The predicted octanol–water partition coefficient (Wildman–Crippen LogP) is 0.501. The molecule has 1 aliphatic rings. The summed E-state index contributed by atoms with van der Waals surface area (Å²) in [6.07, 6.45) is 2.03. The predicted molar refractivity (Wildman–Crippen MR) is 65.9 cm³/mol. The summed E-state index contributed by atoms with van der Waals surface area (Å²) in [5, 5.41) is 8.83. The van der Waals surface area contributed by atoms with Crippen LogP contribution in [0.3, 0.4) is 0 Å². The number of nitrogens with zero attached hydrogens (tertiary/aromatic N) is 3. The highest BCUT2D eigenvalue weighted by Gasteiger charge is 2.22. The molecule has 16 heavy (non-hydrogen) atoms. The van der Waals surface area contributed by atoms with E-state index >= 15 is 0 Å². The third-order valence-electron chi connectivity index (χ3n) is 3.33. The molecule has 2 unspecified atom stereocenters. The zero-order chi connectivity index (χ0) is 12.2. The summed E-state index contributed by atoms with van der Waals surface area (Å²) < 4.78 is 0. The molecule has 0 aromatic carbocycles. The van der Waals surface area contributed by atoms with Gasteiger partial charge in [0.05, 0.1) is 6.07 Å². The van der Waals surface area contributed by atoms with Crippen molar-refractivity contribution in [3.63, 3.8) is 0 Å². The number of hydrogen-bond donors (Lipinski definition) is 1. The fourth-order valence-corrected chi connectivity index (χ4v) is 2.19. The number of hydrogen-bond acceptors (Lipinski definition) is 4. The fraction of sp³-hybridized carbons (Fsp3) is 0.917. The third kappa shape index (κ3) is 4.48. The fourth-order valence-electron chi connectivity index (χ4n) is 2.19. The van der Waals surface area contributed by atoms with Crippen LogP contribution in [0.15, 0.2) is 0 Å². The third-order valence-corrected chi connectivity index (χ3v) is 3.33. The Morgan fingerprint density at radius 2 is 2.31 bits per heavy atom. The molecule has 1 rings (SSSR count). The van der Waals surface area contributed by atoms with Crippen molar-refractivity contribution in [3.05, 3.63) is 0 Å². The Morgan fingerprint density at radius 1 is 1.62 bits per heavy atom. The normalized spacial score (nSPS) is 25.6. The van der Waals surface area contributed by atoms with Crippen LogP contribution in [-0.2, 0) is 0 Å². The molecule has 0 bridgehead atoms. The number of nitrogens with two attached hydrogens (primary N) is 1. The molecule has 1 aliphatic heterocycles. The van der Waals surface area contributed by atoms with Crippen LogP contribution in [0, 0.1) is 17.2 Å². The Morgan fingerprint density at radius 3 is 2.81 bits per heavy atom. The monoisotopic (exact) mass is 224 g/mol. The molecule has 4 nitrogen and oxygen atoms in total. The van der Waals surface area contributed by atoms with Gasteiger partial charge in [-0.05, 0) is 46.3 Å². The average Bonchev–Trinajstić information content (AvgIpc) is 2.61. The van der Waals surface area contributed by atoms with Gasteiger partial charge in [-0.25, -0.2) is 0 Å². The summed E-state index contributed by atoms with van der Waals surface area (Å²) in [5.41, 5.74) is 5.12. The first kappa shape index (κ1) is 13.4. The van der Waals surface area contributed by atoms with Crippen molar-refractivity contribution >= 4 is 0 Å². The Kier molecular flexibility index (Phi) is 4.72. The second-order valence-electron chi connectivity index (χ2n) is 5.46. The molecule has 1 saturated heterocycles. The molecule has 2 atom stereocenters. The molecule has 0 saturated carbocycles. The van der Waals surface area contributed by atoms with Gasteiger partial charge in [0, 0.05) is 19.6 Å². The van der Waals surface area contributed by atoms with E-state index in [1.807, 2.05) is 0 Å². The molecule has 1 heterocycles.